The number of carbonyl (C=O) groups excluding carboxylic acids is 1. The van der Waals surface area contributed by atoms with Crippen LogP contribution in [0.15, 0.2) is 18.2 Å². The molecule has 1 unspecified atom stereocenters. The molecule has 0 radical (unpaired) electrons. The number of amides is 1. The van der Waals surface area contributed by atoms with Gasteiger partial charge in [0.1, 0.15) is 0 Å². The third-order valence-electron chi connectivity index (χ3n) is 4.20. The maximum atomic E-state index is 12.1. The molecule has 1 saturated carbocycles. The molecule has 20 heavy (non-hydrogen) atoms. The minimum absolute atomic E-state index is 0.0630. The summed E-state index contributed by atoms with van der Waals surface area (Å²) in [4.78, 5) is 13.4. The minimum Gasteiger partial charge on any atom is -0.327 e. The molecule has 2 N–H and O–H groups in total. The third-order valence-corrected chi connectivity index (χ3v) is 4.60. The van der Waals surface area contributed by atoms with Crippen molar-refractivity contribution in [1.29, 1.82) is 0 Å². The first-order chi connectivity index (χ1) is 9.56. The lowest BCUT2D eigenvalue weighted by atomic mass is 9.94. The fourth-order valence-electron chi connectivity index (χ4n) is 2.87. The number of aryl methyl sites for hydroxylation is 1. The van der Waals surface area contributed by atoms with Gasteiger partial charge in [-0.05, 0) is 50.3 Å². The van der Waals surface area contributed by atoms with Gasteiger partial charge in [-0.15, -0.1) is 0 Å². The molecule has 0 heterocycles. The summed E-state index contributed by atoms with van der Waals surface area (Å²) < 4.78 is 0. The van der Waals surface area contributed by atoms with Gasteiger partial charge < -0.3 is 10.2 Å². The van der Waals surface area contributed by atoms with Gasteiger partial charge >= 0.3 is 0 Å². The normalized spacial score (nSPS) is 17.8. The molecule has 0 spiro atoms. The van der Waals surface area contributed by atoms with E-state index < -0.39 is 0 Å². The summed E-state index contributed by atoms with van der Waals surface area (Å²) in [6.45, 7) is 2.48. The summed E-state index contributed by atoms with van der Waals surface area (Å²) >= 11 is 6.07. The van der Waals surface area contributed by atoms with Gasteiger partial charge in [0.15, 0.2) is 6.54 Å². The summed E-state index contributed by atoms with van der Waals surface area (Å²) in [6.07, 6.45) is 6.44. The van der Waals surface area contributed by atoms with Gasteiger partial charge in [0.05, 0.1) is 13.1 Å². The Morgan fingerprint density at radius 3 is 2.70 bits per heavy atom. The topological polar surface area (TPSA) is 33.5 Å². The van der Waals surface area contributed by atoms with Gasteiger partial charge in [-0.2, -0.15) is 0 Å². The van der Waals surface area contributed by atoms with Crippen LogP contribution < -0.4 is 10.2 Å². The maximum absolute atomic E-state index is 12.1. The molecule has 0 saturated heterocycles. The largest absolute Gasteiger partial charge is 0.327 e. The van der Waals surface area contributed by atoms with E-state index in [4.69, 9.17) is 11.6 Å². The molecule has 1 amide bonds. The fourth-order valence-corrected chi connectivity index (χ4v) is 3.05. The molecular weight excluding hydrogens is 272 g/mol. The molecule has 1 aliphatic carbocycles. The highest BCUT2D eigenvalue weighted by Gasteiger charge is 2.23. The molecule has 0 aromatic heterocycles. The van der Waals surface area contributed by atoms with Crippen molar-refractivity contribution in [2.75, 3.05) is 18.9 Å². The number of benzene rings is 1. The van der Waals surface area contributed by atoms with Crippen LogP contribution in [0.25, 0.3) is 0 Å². The van der Waals surface area contributed by atoms with Crippen molar-refractivity contribution in [2.24, 2.45) is 0 Å². The monoisotopic (exact) mass is 295 g/mol. The molecule has 110 valence electrons. The van der Waals surface area contributed by atoms with Crippen molar-refractivity contribution in [3.63, 3.8) is 0 Å². The Balaban J connectivity index is 1.86. The van der Waals surface area contributed by atoms with Crippen LogP contribution in [0.5, 0.6) is 0 Å². The van der Waals surface area contributed by atoms with Crippen LogP contribution in [0.2, 0.25) is 5.02 Å². The quantitative estimate of drug-likeness (QED) is 0.879. The van der Waals surface area contributed by atoms with E-state index in [1.807, 2.05) is 25.1 Å². The molecule has 4 heteroatoms. The second kappa shape index (κ2) is 7.09. The number of halogens is 1. The van der Waals surface area contributed by atoms with Gasteiger partial charge in [0.2, 0.25) is 0 Å². The second-order valence-corrected chi connectivity index (χ2v) is 6.28. The van der Waals surface area contributed by atoms with Crippen LogP contribution in [0.1, 0.15) is 37.7 Å². The van der Waals surface area contributed by atoms with Gasteiger partial charge in [0.25, 0.3) is 5.91 Å². The zero-order chi connectivity index (χ0) is 14.5. The summed E-state index contributed by atoms with van der Waals surface area (Å²) in [5.74, 6) is 0.0630. The van der Waals surface area contributed by atoms with Gasteiger partial charge in [-0.25, -0.2) is 0 Å². The summed E-state index contributed by atoms with van der Waals surface area (Å²) in [6, 6.07) is 6.27. The molecule has 2 rings (SSSR count). The van der Waals surface area contributed by atoms with Gasteiger partial charge in [-0.1, -0.05) is 24.1 Å². The number of carbonyl (C=O) groups is 1. The lowest BCUT2D eigenvalue weighted by Gasteiger charge is -2.27. The van der Waals surface area contributed by atoms with Crippen LogP contribution in [0, 0.1) is 6.92 Å². The van der Waals surface area contributed by atoms with Crippen LogP contribution in [-0.2, 0) is 4.79 Å². The summed E-state index contributed by atoms with van der Waals surface area (Å²) in [7, 11) is 2.12. The van der Waals surface area contributed by atoms with Gasteiger partial charge in [0, 0.05) is 10.7 Å². The molecule has 0 aliphatic heterocycles. The fraction of sp³-hybridized carbons (Fsp3) is 0.562. The van der Waals surface area contributed by atoms with Crippen LogP contribution >= 0.6 is 11.6 Å². The molecule has 1 fully saturated rings. The van der Waals surface area contributed by atoms with Crippen molar-refractivity contribution in [2.45, 2.75) is 45.1 Å². The number of rotatable bonds is 4. The Kier molecular flexibility index (Phi) is 5.44. The third kappa shape index (κ3) is 4.22. The Morgan fingerprint density at radius 1 is 1.35 bits per heavy atom. The summed E-state index contributed by atoms with van der Waals surface area (Å²) in [5.41, 5.74) is 1.80. The lowest BCUT2D eigenvalue weighted by molar-refractivity contribution is -0.899. The highest BCUT2D eigenvalue weighted by molar-refractivity contribution is 6.31. The van der Waals surface area contributed by atoms with E-state index >= 15 is 0 Å². The average molecular weight is 296 g/mol. The highest BCUT2D eigenvalue weighted by Crippen LogP contribution is 2.19. The van der Waals surface area contributed by atoms with Crippen LogP contribution in [0.3, 0.4) is 0 Å². The Morgan fingerprint density at radius 2 is 2.05 bits per heavy atom. The van der Waals surface area contributed by atoms with Crippen LogP contribution in [-0.4, -0.2) is 25.5 Å². The molecule has 1 atom stereocenters. The molecule has 0 bridgehead atoms. The average Bonchev–Trinajstić information content (AvgIpc) is 2.44. The minimum atomic E-state index is 0.0630. The molecule has 1 aromatic rings. The van der Waals surface area contributed by atoms with E-state index in [1.165, 1.54) is 37.0 Å². The Labute approximate surface area is 126 Å². The van der Waals surface area contributed by atoms with Crippen molar-refractivity contribution in [3.8, 4) is 0 Å². The zero-order valence-electron chi connectivity index (χ0n) is 12.3. The Hall–Kier alpha value is -1.06. The van der Waals surface area contributed by atoms with E-state index in [2.05, 4.69) is 12.4 Å². The maximum Gasteiger partial charge on any atom is 0.279 e. The number of likely N-dealkylation sites (N-methyl/N-ethyl adjacent to an activating group) is 1. The van der Waals surface area contributed by atoms with Gasteiger partial charge in [-0.3, -0.25) is 4.79 Å². The molecular formula is C16H24ClN2O+. The number of quaternary nitrogens is 1. The number of hydrogen-bond acceptors (Lipinski definition) is 1. The van der Waals surface area contributed by atoms with E-state index in [-0.39, 0.29) is 5.91 Å². The molecule has 1 aliphatic rings. The van der Waals surface area contributed by atoms with Crippen LogP contribution in [0.4, 0.5) is 5.69 Å². The number of nitrogens with one attached hydrogen (secondary N) is 2. The van der Waals surface area contributed by atoms with E-state index in [0.717, 1.165) is 11.3 Å². The lowest BCUT2D eigenvalue weighted by Crippen LogP contribution is -3.14. The smallest absolute Gasteiger partial charge is 0.279 e. The molecule has 1 aromatic carbocycles. The van der Waals surface area contributed by atoms with E-state index in [1.54, 1.807) is 0 Å². The van der Waals surface area contributed by atoms with Crippen molar-refractivity contribution in [3.05, 3.63) is 28.8 Å². The van der Waals surface area contributed by atoms with E-state index in [9.17, 15) is 4.79 Å². The SMILES string of the molecule is Cc1ccc(NC(=O)C[NH+](C)C2CCCCC2)cc1Cl. The van der Waals surface area contributed by atoms with E-state index in [0.29, 0.717) is 17.6 Å². The second-order valence-electron chi connectivity index (χ2n) is 5.87. The van der Waals surface area contributed by atoms with Crippen molar-refractivity contribution < 1.29 is 9.69 Å². The Bertz CT molecular complexity index is 470. The first-order valence-corrected chi connectivity index (χ1v) is 7.82. The predicted octanol–water partition coefficient (Wildman–Crippen LogP) is 2.43. The highest BCUT2D eigenvalue weighted by atomic mass is 35.5. The van der Waals surface area contributed by atoms with Crippen molar-refractivity contribution >= 4 is 23.2 Å². The first kappa shape index (κ1) is 15.3. The number of anilines is 1. The standard InChI is InChI=1S/C16H23ClN2O/c1-12-8-9-13(10-15(12)17)18-16(20)11-19(2)14-6-4-3-5-7-14/h8-10,14H,3-7,11H2,1-2H3,(H,18,20)/p+1. The van der Waals surface area contributed by atoms with Crippen molar-refractivity contribution in [1.82, 2.24) is 0 Å². The zero-order valence-corrected chi connectivity index (χ0v) is 13.1. The number of hydrogen-bond donors (Lipinski definition) is 2. The molecule has 3 nitrogen and oxygen atoms in total. The predicted molar refractivity (Wildman–Crippen MR) is 83.4 cm³/mol. The summed E-state index contributed by atoms with van der Waals surface area (Å²) in [5, 5.41) is 3.63. The first-order valence-electron chi connectivity index (χ1n) is 7.44.